The van der Waals surface area contributed by atoms with Gasteiger partial charge in [0.15, 0.2) is 0 Å². The number of fused-ring (bicyclic) bond motifs is 2. The highest BCUT2D eigenvalue weighted by Gasteiger charge is 2.25. The lowest BCUT2D eigenvalue weighted by Gasteiger charge is -2.40. The zero-order chi connectivity index (χ0) is 14.3. The maximum atomic E-state index is 2.48. The first-order valence-electron chi connectivity index (χ1n) is 7.65. The van der Waals surface area contributed by atoms with E-state index in [0.29, 0.717) is 0 Å². The summed E-state index contributed by atoms with van der Waals surface area (Å²) in [5.41, 5.74) is 5.83. The summed E-state index contributed by atoms with van der Waals surface area (Å²) >= 11 is 0. The minimum atomic E-state index is 1.04. The molecular formula is C16H26N4. The lowest BCUT2D eigenvalue weighted by atomic mass is 10.0. The predicted molar refractivity (Wildman–Crippen MR) is 85.2 cm³/mol. The van der Waals surface area contributed by atoms with Crippen LogP contribution >= 0.6 is 0 Å². The summed E-state index contributed by atoms with van der Waals surface area (Å²) in [6, 6.07) is 4.86. The summed E-state index contributed by atoms with van der Waals surface area (Å²) < 4.78 is 0. The van der Waals surface area contributed by atoms with Gasteiger partial charge in [-0.3, -0.25) is 9.80 Å². The molecule has 0 unspecified atom stereocenters. The van der Waals surface area contributed by atoms with Crippen molar-refractivity contribution in [2.75, 3.05) is 50.3 Å². The van der Waals surface area contributed by atoms with Crippen LogP contribution in [0.3, 0.4) is 0 Å². The first kappa shape index (κ1) is 13.7. The molecule has 0 amide bonds. The Labute approximate surface area is 122 Å². The highest BCUT2D eigenvalue weighted by Crippen LogP contribution is 2.36. The standard InChI is InChI=1S/C16H26N4/c1-5-19-11-17(3)9-13-8-16-14(7-15(13)19)10-18(4)12-20(16)6-2/h7-8H,5-6,9-12H2,1-4H3. The van der Waals surface area contributed by atoms with Gasteiger partial charge in [0.05, 0.1) is 13.3 Å². The Morgan fingerprint density at radius 1 is 0.800 bits per heavy atom. The van der Waals surface area contributed by atoms with Crippen LogP contribution in [0.5, 0.6) is 0 Å². The monoisotopic (exact) mass is 274 g/mol. The number of benzene rings is 1. The van der Waals surface area contributed by atoms with Gasteiger partial charge in [0.1, 0.15) is 0 Å². The van der Waals surface area contributed by atoms with E-state index in [9.17, 15) is 0 Å². The van der Waals surface area contributed by atoms with Crippen molar-refractivity contribution in [3.05, 3.63) is 23.3 Å². The summed E-state index contributed by atoms with van der Waals surface area (Å²) in [6.07, 6.45) is 0. The molecule has 1 aromatic rings. The SMILES string of the molecule is CCN1CN(C)Cc2cc3c(cc21)CN(C)CN3CC. The first-order chi connectivity index (χ1) is 9.62. The van der Waals surface area contributed by atoms with Crippen LogP contribution in [0.2, 0.25) is 0 Å². The normalized spacial score (nSPS) is 20.0. The second-order valence-corrected chi connectivity index (χ2v) is 6.13. The minimum absolute atomic E-state index is 1.04. The molecule has 2 aliphatic rings. The Bertz CT molecular complexity index is 454. The van der Waals surface area contributed by atoms with Crippen LogP contribution in [0.1, 0.15) is 25.0 Å². The molecule has 0 radical (unpaired) electrons. The van der Waals surface area contributed by atoms with Crippen LogP contribution < -0.4 is 9.80 Å². The maximum absolute atomic E-state index is 2.48. The molecule has 0 atom stereocenters. The molecule has 0 aromatic heterocycles. The summed E-state index contributed by atoms with van der Waals surface area (Å²) in [5, 5.41) is 0. The molecule has 0 N–H and O–H groups in total. The fraction of sp³-hybridized carbons (Fsp3) is 0.625. The maximum Gasteiger partial charge on any atom is 0.0707 e. The van der Waals surface area contributed by atoms with Gasteiger partial charge in [-0.15, -0.1) is 0 Å². The second kappa shape index (κ2) is 5.26. The van der Waals surface area contributed by atoms with E-state index in [1.807, 2.05) is 0 Å². The summed E-state index contributed by atoms with van der Waals surface area (Å²) in [4.78, 5) is 9.74. The Morgan fingerprint density at radius 3 is 1.55 bits per heavy atom. The molecule has 4 nitrogen and oxygen atoms in total. The van der Waals surface area contributed by atoms with Gasteiger partial charge in [-0.2, -0.15) is 0 Å². The number of hydrogen-bond donors (Lipinski definition) is 0. The molecule has 110 valence electrons. The molecule has 0 fully saturated rings. The number of nitrogens with zero attached hydrogens (tertiary/aromatic N) is 4. The van der Waals surface area contributed by atoms with Crippen LogP contribution in [0, 0.1) is 0 Å². The van der Waals surface area contributed by atoms with Crippen LogP contribution in [0.15, 0.2) is 12.1 Å². The largest absolute Gasteiger partial charge is 0.359 e. The minimum Gasteiger partial charge on any atom is -0.359 e. The van der Waals surface area contributed by atoms with E-state index in [-0.39, 0.29) is 0 Å². The summed E-state index contributed by atoms with van der Waals surface area (Å²) in [7, 11) is 4.41. The Kier molecular flexibility index (Phi) is 3.61. The van der Waals surface area contributed by atoms with E-state index in [2.05, 4.69) is 59.7 Å². The quantitative estimate of drug-likeness (QED) is 0.819. The van der Waals surface area contributed by atoms with Gasteiger partial charge >= 0.3 is 0 Å². The van der Waals surface area contributed by atoms with Crippen LogP contribution in [0.25, 0.3) is 0 Å². The van der Waals surface area contributed by atoms with Gasteiger partial charge in [0.25, 0.3) is 0 Å². The molecule has 2 aliphatic heterocycles. The second-order valence-electron chi connectivity index (χ2n) is 6.13. The van der Waals surface area contributed by atoms with Gasteiger partial charge in [-0.1, -0.05) is 0 Å². The molecule has 20 heavy (non-hydrogen) atoms. The average molecular weight is 274 g/mol. The molecule has 0 saturated carbocycles. The molecule has 0 saturated heterocycles. The number of anilines is 2. The molecule has 4 heteroatoms. The van der Waals surface area contributed by atoms with Gasteiger partial charge < -0.3 is 9.80 Å². The Morgan fingerprint density at radius 2 is 1.20 bits per heavy atom. The highest BCUT2D eigenvalue weighted by atomic mass is 15.3. The molecule has 3 rings (SSSR count). The van der Waals surface area contributed by atoms with Gasteiger partial charge in [-0.05, 0) is 51.2 Å². The molecule has 2 heterocycles. The van der Waals surface area contributed by atoms with E-state index >= 15 is 0 Å². The van der Waals surface area contributed by atoms with Crippen molar-refractivity contribution in [3.8, 4) is 0 Å². The fourth-order valence-corrected chi connectivity index (χ4v) is 3.46. The van der Waals surface area contributed by atoms with E-state index in [0.717, 1.165) is 39.5 Å². The van der Waals surface area contributed by atoms with Gasteiger partial charge in [-0.25, -0.2) is 0 Å². The van der Waals surface area contributed by atoms with Crippen molar-refractivity contribution < 1.29 is 0 Å². The number of hydrogen-bond acceptors (Lipinski definition) is 4. The zero-order valence-electron chi connectivity index (χ0n) is 13.2. The van der Waals surface area contributed by atoms with E-state index in [1.165, 1.54) is 22.5 Å². The van der Waals surface area contributed by atoms with E-state index in [1.54, 1.807) is 0 Å². The van der Waals surface area contributed by atoms with Crippen molar-refractivity contribution in [2.45, 2.75) is 26.9 Å². The average Bonchev–Trinajstić information content (AvgIpc) is 2.43. The predicted octanol–water partition coefficient (Wildman–Crippen LogP) is 2.15. The first-order valence-corrected chi connectivity index (χ1v) is 7.65. The molecule has 1 aromatic carbocycles. The summed E-state index contributed by atoms with van der Waals surface area (Å²) in [5.74, 6) is 0. The molecule has 0 aliphatic carbocycles. The van der Waals surface area contributed by atoms with Crippen molar-refractivity contribution in [2.24, 2.45) is 0 Å². The topological polar surface area (TPSA) is 13.0 Å². The third-order valence-electron chi connectivity index (χ3n) is 4.43. The molecular weight excluding hydrogens is 248 g/mol. The molecule has 0 bridgehead atoms. The summed E-state index contributed by atoms with van der Waals surface area (Å²) in [6.45, 7) is 10.8. The lowest BCUT2D eigenvalue weighted by molar-refractivity contribution is 0.303. The van der Waals surface area contributed by atoms with Crippen LogP contribution in [-0.2, 0) is 13.1 Å². The third kappa shape index (κ3) is 2.27. The Hall–Kier alpha value is -1.26. The van der Waals surface area contributed by atoms with E-state index < -0.39 is 0 Å². The lowest BCUT2D eigenvalue weighted by Crippen LogP contribution is -2.42. The molecule has 0 spiro atoms. The van der Waals surface area contributed by atoms with Gasteiger partial charge in [0, 0.05) is 37.6 Å². The number of rotatable bonds is 2. The highest BCUT2D eigenvalue weighted by molar-refractivity contribution is 5.68. The van der Waals surface area contributed by atoms with Crippen molar-refractivity contribution in [3.63, 3.8) is 0 Å². The van der Waals surface area contributed by atoms with Crippen molar-refractivity contribution in [1.29, 1.82) is 0 Å². The smallest absolute Gasteiger partial charge is 0.0707 e. The van der Waals surface area contributed by atoms with E-state index in [4.69, 9.17) is 0 Å². The third-order valence-corrected chi connectivity index (χ3v) is 4.43. The van der Waals surface area contributed by atoms with Crippen LogP contribution in [0.4, 0.5) is 11.4 Å². The van der Waals surface area contributed by atoms with Crippen LogP contribution in [-0.4, -0.2) is 50.3 Å². The Balaban J connectivity index is 2.06. The van der Waals surface area contributed by atoms with Gasteiger partial charge in [0.2, 0.25) is 0 Å². The van der Waals surface area contributed by atoms with Crippen molar-refractivity contribution in [1.82, 2.24) is 9.80 Å². The zero-order valence-corrected chi connectivity index (χ0v) is 13.2. The van der Waals surface area contributed by atoms with Crippen molar-refractivity contribution >= 4 is 11.4 Å². The fourth-order valence-electron chi connectivity index (χ4n) is 3.46.